The molecule has 0 aliphatic rings. The normalized spacial score (nSPS) is 10.5. The number of nitrogens with one attached hydrogen (secondary N) is 2. The molecule has 0 radical (unpaired) electrons. The summed E-state index contributed by atoms with van der Waals surface area (Å²) in [5, 5.41) is 7.41. The summed E-state index contributed by atoms with van der Waals surface area (Å²) in [6.45, 7) is 1.84. The Morgan fingerprint density at radius 1 is 1.14 bits per heavy atom. The fourth-order valence-corrected chi connectivity index (χ4v) is 4.52. The number of hydrogen-bond donors (Lipinski definition) is 2. The van der Waals surface area contributed by atoms with Crippen LogP contribution in [0, 0.1) is 6.92 Å². The third-order valence-corrected chi connectivity index (χ3v) is 6.30. The fraction of sp³-hybridized carbons (Fsp3) is 0.150. The summed E-state index contributed by atoms with van der Waals surface area (Å²) in [6, 6.07) is 15.5. The number of amides is 2. The molecule has 0 aliphatic heterocycles. The van der Waals surface area contributed by atoms with Gasteiger partial charge in [-0.3, -0.25) is 9.59 Å². The molecule has 0 fully saturated rings. The van der Waals surface area contributed by atoms with Gasteiger partial charge < -0.3 is 10.6 Å². The van der Waals surface area contributed by atoms with Crippen LogP contribution in [0.15, 0.2) is 62.7 Å². The number of anilines is 1. The van der Waals surface area contributed by atoms with E-state index in [9.17, 15) is 9.59 Å². The Morgan fingerprint density at radius 2 is 1.93 bits per heavy atom. The summed E-state index contributed by atoms with van der Waals surface area (Å²) in [5.74, 6) is -0.250. The van der Waals surface area contributed by atoms with Crippen molar-refractivity contribution in [3.8, 4) is 11.3 Å². The zero-order valence-electron chi connectivity index (χ0n) is 15.1. The maximum absolute atomic E-state index is 12.0. The van der Waals surface area contributed by atoms with E-state index in [4.69, 9.17) is 0 Å². The minimum atomic E-state index is -0.260. The van der Waals surface area contributed by atoms with Crippen molar-refractivity contribution in [2.45, 2.75) is 11.3 Å². The zero-order valence-corrected chi connectivity index (χ0v) is 18.3. The molecule has 28 heavy (non-hydrogen) atoms. The number of carbonyl (C=O) groups is 2. The lowest BCUT2D eigenvalue weighted by atomic mass is 10.2. The number of nitrogens with zero attached hydrogens (tertiary/aromatic N) is 1. The van der Waals surface area contributed by atoms with E-state index in [2.05, 4.69) is 31.5 Å². The van der Waals surface area contributed by atoms with Crippen LogP contribution < -0.4 is 10.6 Å². The van der Waals surface area contributed by atoms with Crippen molar-refractivity contribution >= 4 is 56.5 Å². The second-order valence-electron chi connectivity index (χ2n) is 5.94. The number of aryl methyl sites for hydroxylation is 1. The van der Waals surface area contributed by atoms with Gasteiger partial charge in [0.2, 0.25) is 11.8 Å². The van der Waals surface area contributed by atoms with E-state index in [0.717, 1.165) is 31.3 Å². The standard InChI is InChI=1S/C20H18BrN3O2S2/c1-13-9-15(21)7-8-16(13)23-18(25)10-22-19(26)12-28-20-24-17(11-27-20)14-5-3-2-4-6-14/h2-9,11H,10,12H2,1H3,(H,22,26)(H,23,25). The van der Waals surface area contributed by atoms with E-state index < -0.39 is 0 Å². The lowest BCUT2D eigenvalue weighted by Crippen LogP contribution is -2.34. The molecule has 5 nitrogen and oxygen atoms in total. The SMILES string of the molecule is Cc1cc(Br)ccc1NC(=O)CNC(=O)CSc1nc(-c2ccccc2)cs1. The number of hydrogen-bond acceptors (Lipinski definition) is 5. The minimum Gasteiger partial charge on any atom is -0.346 e. The van der Waals surface area contributed by atoms with Crippen LogP contribution in [-0.4, -0.2) is 29.1 Å². The molecule has 144 valence electrons. The van der Waals surface area contributed by atoms with Crippen LogP contribution in [0.5, 0.6) is 0 Å². The van der Waals surface area contributed by atoms with Crippen LogP contribution in [-0.2, 0) is 9.59 Å². The van der Waals surface area contributed by atoms with Crippen LogP contribution in [0.25, 0.3) is 11.3 Å². The van der Waals surface area contributed by atoms with Crippen LogP contribution in [0.1, 0.15) is 5.56 Å². The minimum absolute atomic E-state index is 0.0674. The van der Waals surface area contributed by atoms with Crippen molar-refractivity contribution in [1.82, 2.24) is 10.3 Å². The van der Waals surface area contributed by atoms with E-state index in [1.165, 1.54) is 23.1 Å². The molecule has 3 aromatic rings. The molecule has 1 aromatic heterocycles. The van der Waals surface area contributed by atoms with Gasteiger partial charge in [0.25, 0.3) is 0 Å². The monoisotopic (exact) mass is 475 g/mol. The van der Waals surface area contributed by atoms with E-state index >= 15 is 0 Å². The average molecular weight is 476 g/mol. The first kappa shape index (κ1) is 20.6. The fourth-order valence-electron chi connectivity index (χ4n) is 2.38. The number of thiazole rings is 1. The van der Waals surface area contributed by atoms with Gasteiger partial charge in [-0.2, -0.15) is 0 Å². The second-order valence-corrected chi connectivity index (χ2v) is 8.93. The molecule has 0 saturated heterocycles. The Hall–Kier alpha value is -2.16. The lowest BCUT2D eigenvalue weighted by molar-refractivity contribution is -0.122. The molecule has 0 atom stereocenters. The van der Waals surface area contributed by atoms with Gasteiger partial charge in [0.05, 0.1) is 18.0 Å². The Balaban J connectivity index is 1.43. The Kier molecular flexibility index (Phi) is 7.24. The summed E-state index contributed by atoms with van der Waals surface area (Å²) in [7, 11) is 0. The molecule has 8 heteroatoms. The molecule has 2 aromatic carbocycles. The van der Waals surface area contributed by atoms with Gasteiger partial charge >= 0.3 is 0 Å². The van der Waals surface area contributed by atoms with E-state index in [1.807, 2.05) is 60.8 Å². The number of benzene rings is 2. The number of rotatable bonds is 7. The number of halogens is 1. The molecule has 3 rings (SSSR count). The van der Waals surface area contributed by atoms with Crippen LogP contribution in [0.2, 0.25) is 0 Å². The summed E-state index contributed by atoms with van der Waals surface area (Å²) < 4.78 is 1.77. The smallest absolute Gasteiger partial charge is 0.243 e. The maximum Gasteiger partial charge on any atom is 0.243 e. The van der Waals surface area contributed by atoms with E-state index in [1.54, 1.807) is 0 Å². The van der Waals surface area contributed by atoms with Gasteiger partial charge in [-0.05, 0) is 30.7 Å². The first-order valence-electron chi connectivity index (χ1n) is 8.48. The molecule has 0 aliphatic carbocycles. The first-order chi connectivity index (χ1) is 13.5. The number of carbonyl (C=O) groups excluding carboxylic acids is 2. The molecule has 0 saturated carbocycles. The van der Waals surface area contributed by atoms with Crippen LogP contribution >= 0.6 is 39.0 Å². The summed E-state index contributed by atoms with van der Waals surface area (Å²) in [4.78, 5) is 28.6. The van der Waals surface area contributed by atoms with Gasteiger partial charge in [0, 0.05) is 21.1 Å². The van der Waals surface area contributed by atoms with Gasteiger partial charge in [-0.25, -0.2) is 4.98 Å². The molecule has 1 heterocycles. The predicted octanol–water partition coefficient (Wildman–Crippen LogP) is 4.73. The second kappa shape index (κ2) is 9.86. The van der Waals surface area contributed by atoms with Crippen molar-refractivity contribution in [2.75, 3.05) is 17.6 Å². The predicted molar refractivity (Wildman–Crippen MR) is 119 cm³/mol. The van der Waals surface area contributed by atoms with Crippen molar-refractivity contribution in [2.24, 2.45) is 0 Å². The highest BCUT2D eigenvalue weighted by Gasteiger charge is 2.10. The molecular formula is C20H18BrN3O2S2. The summed E-state index contributed by atoms with van der Waals surface area (Å²) in [5.41, 5.74) is 3.63. The third kappa shape index (κ3) is 5.92. The molecule has 0 unspecified atom stereocenters. The average Bonchev–Trinajstić information content (AvgIpc) is 3.17. The number of thioether (sulfide) groups is 1. The molecule has 0 bridgehead atoms. The lowest BCUT2D eigenvalue weighted by Gasteiger charge is -2.09. The van der Waals surface area contributed by atoms with Crippen molar-refractivity contribution in [1.29, 1.82) is 0 Å². The van der Waals surface area contributed by atoms with E-state index in [-0.39, 0.29) is 24.1 Å². The van der Waals surface area contributed by atoms with Crippen molar-refractivity contribution in [3.63, 3.8) is 0 Å². The molecule has 2 N–H and O–H groups in total. The molecule has 2 amide bonds. The van der Waals surface area contributed by atoms with E-state index in [0.29, 0.717) is 0 Å². The zero-order chi connectivity index (χ0) is 19.9. The Bertz CT molecular complexity index is 977. The topological polar surface area (TPSA) is 71.1 Å². The molecular weight excluding hydrogens is 458 g/mol. The van der Waals surface area contributed by atoms with Crippen molar-refractivity contribution in [3.05, 3.63) is 63.9 Å². The maximum atomic E-state index is 12.0. The highest BCUT2D eigenvalue weighted by atomic mass is 79.9. The summed E-state index contributed by atoms with van der Waals surface area (Å²) >= 11 is 6.25. The molecule has 0 spiro atoms. The van der Waals surface area contributed by atoms with Gasteiger partial charge in [-0.1, -0.05) is 58.0 Å². The summed E-state index contributed by atoms with van der Waals surface area (Å²) in [6.07, 6.45) is 0. The highest BCUT2D eigenvalue weighted by Crippen LogP contribution is 2.28. The van der Waals surface area contributed by atoms with Gasteiger partial charge in [-0.15, -0.1) is 11.3 Å². The first-order valence-corrected chi connectivity index (χ1v) is 11.1. The quantitative estimate of drug-likeness (QED) is 0.484. The number of aromatic nitrogens is 1. The van der Waals surface area contributed by atoms with Gasteiger partial charge in [0.1, 0.15) is 0 Å². The van der Waals surface area contributed by atoms with Gasteiger partial charge in [0.15, 0.2) is 4.34 Å². The Morgan fingerprint density at radius 3 is 2.68 bits per heavy atom. The highest BCUT2D eigenvalue weighted by molar-refractivity contribution is 9.10. The Labute approximate surface area is 180 Å². The van der Waals surface area contributed by atoms with Crippen molar-refractivity contribution < 1.29 is 9.59 Å². The van der Waals surface area contributed by atoms with Crippen LogP contribution in [0.3, 0.4) is 0 Å². The van der Waals surface area contributed by atoms with Crippen LogP contribution in [0.4, 0.5) is 5.69 Å². The third-order valence-electron chi connectivity index (χ3n) is 3.79. The largest absolute Gasteiger partial charge is 0.346 e.